The van der Waals surface area contributed by atoms with Crippen molar-refractivity contribution in [3.63, 3.8) is 0 Å². The van der Waals surface area contributed by atoms with Crippen molar-refractivity contribution in [2.45, 2.75) is 38.3 Å². The second-order valence-corrected chi connectivity index (χ2v) is 6.71. The molecule has 5 heteroatoms. The Morgan fingerprint density at radius 2 is 2.18 bits per heavy atom. The zero-order chi connectivity index (χ0) is 15.1. The molecule has 0 bridgehead atoms. The molecule has 114 valence electrons. The number of hydrogen-bond donors (Lipinski definition) is 2. The summed E-state index contributed by atoms with van der Waals surface area (Å²) < 4.78 is 2.23. The van der Waals surface area contributed by atoms with Gasteiger partial charge in [-0.3, -0.25) is 4.79 Å². The Hall–Kier alpha value is -1.85. The van der Waals surface area contributed by atoms with E-state index >= 15 is 0 Å². The molecule has 4 rings (SSSR count). The van der Waals surface area contributed by atoms with Crippen molar-refractivity contribution in [3.05, 3.63) is 45.1 Å². The van der Waals surface area contributed by atoms with E-state index in [0.29, 0.717) is 11.4 Å². The van der Waals surface area contributed by atoms with E-state index in [1.807, 2.05) is 11.4 Å². The van der Waals surface area contributed by atoms with Gasteiger partial charge < -0.3 is 14.7 Å². The molecule has 3 heterocycles. The molecular weight excluding hydrogens is 296 g/mol. The second-order valence-electron chi connectivity index (χ2n) is 5.93. The standard InChI is InChI=1S/C17H18N2O2S/c20-9-12-7-18-17(21)15-14(11-5-6-22-10-11)8-19(16(12)15)13-3-1-2-4-13/h5-8,10,13,20H,1-4,9H2,(H,18,21). The topological polar surface area (TPSA) is 58.0 Å². The van der Waals surface area contributed by atoms with E-state index in [-0.39, 0.29) is 12.2 Å². The SMILES string of the molecule is O=c1[nH]cc(CO)c2c1c(-c1ccsc1)cn2C1CCCC1. The predicted octanol–water partition coefficient (Wildman–Crippen LogP) is 3.67. The van der Waals surface area contributed by atoms with Crippen LogP contribution >= 0.6 is 11.3 Å². The molecule has 0 aliphatic heterocycles. The van der Waals surface area contributed by atoms with E-state index in [2.05, 4.69) is 21.1 Å². The molecule has 0 atom stereocenters. The van der Waals surface area contributed by atoms with Crippen LogP contribution < -0.4 is 5.56 Å². The molecule has 0 aromatic carbocycles. The quantitative estimate of drug-likeness (QED) is 0.775. The highest BCUT2D eigenvalue weighted by Gasteiger charge is 2.23. The molecule has 4 nitrogen and oxygen atoms in total. The Bertz CT molecular complexity index is 855. The van der Waals surface area contributed by atoms with Gasteiger partial charge in [-0.1, -0.05) is 12.8 Å². The van der Waals surface area contributed by atoms with Crippen LogP contribution in [0, 0.1) is 0 Å². The fourth-order valence-electron chi connectivity index (χ4n) is 3.60. The third-order valence-corrected chi connectivity index (χ3v) is 5.35. The van der Waals surface area contributed by atoms with E-state index in [4.69, 9.17) is 0 Å². The van der Waals surface area contributed by atoms with Gasteiger partial charge in [0.15, 0.2) is 0 Å². The molecule has 22 heavy (non-hydrogen) atoms. The number of nitrogens with zero attached hydrogens (tertiary/aromatic N) is 1. The van der Waals surface area contributed by atoms with Gasteiger partial charge in [0.2, 0.25) is 0 Å². The highest BCUT2D eigenvalue weighted by atomic mass is 32.1. The van der Waals surface area contributed by atoms with Gasteiger partial charge in [-0.05, 0) is 35.2 Å². The van der Waals surface area contributed by atoms with E-state index < -0.39 is 0 Å². The predicted molar refractivity (Wildman–Crippen MR) is 89.3 cm³/mol. The summed E-state index contributed by atoms with van der Waals surface area (Å²) in [6, 6.07) is 2.48. The van der Waals surface area contributed by atoms with Crippen LogP contribution in [0.3, 0.4) is 0 Å². The van der Waals surface area contributed by atoms with Crippen molar-refractivity contribution in [2.75, 3.05) is 0 Å². The summed E-state index contributed by atoms with van der Waals surface area (Å²) in [7, 11) is 0. The molecule has 2 N–H and O–H groups in total. The van der Waals surface area contributed by atoms with E-state index in [9.17, 15) is 9.90 Å². The summed E-state index contributed by atoms with van der Waals surface area (Å²) in [6.07, 6.45) is 8.51. The summed E-state index contributed by atoms with van der Waals surface area (Å²) in [5.41, 5.74) is 3.67. The van der Waals surface area contributed by atoms with Crippen LogP contribution in [-0.2, 0) is 6.61 Å². The summed E-state index contributed by atoms with van der Waals surface area (Å²) in [6.45, 7) is -0.0624. The molecule has 1 saturated carbocycles. The summed E-state index contributed by atoms with van der Waals surface area (Å²) in [4.78, 5) is 15.2. The Morgan fingerprint density at radius 1 is 1.36 bits per heavy atom. The number of pyridine rings is 1. The van der Waals surface area contributed by atoms with Crippen molar-refractivity contribution in [1.29, 1.82) is 0 Å². The largest absolute Gasteiger partial charge is 0.392 e. The monoisotopic (exact) mass is 314 g/mol. The Morgan fingerprint density at radius 3 is 2.86 bits per heavy atom. The molecule has 3 aromatic rings. The first kappa shape index (κ1) is 13.8. The van der Waals surface area contributed by atoms with Gasteiger partial charge in [-0.15, -0.1) is 0 Å². The van der Waals surface area contributed by atoms with Crippen molar-refractivity contribution < 1.29 is 5.11 Å². The third-order valence-electron chi connectivity index (χ3n) is 4.66. The van der Waals surface area contributed by atoms with E-state index in [1.165, 1.54) is 12.8 Å². The fourth-order valence-corrected chi connectivity index (χ4v) is 4.26. The number of fused-ring (bicyclic) bond motifs is 1. The maximum atomic E-state index is 12.4. The normalized spacial score (nSPS) is 15.9. The van der Waals surface area contributed by atoms with E-state index in [1.54, 1.807) is 17.5 Å². The molecule has 1 fully saturated rings. The molecule has 0 unspecified atom stereocenters. The van der Waals surface area contributed by atoms with Crippen molar-refractivity contribution >= 4 is 22.2 Å². The Balaban J connectivity index is 2.06. The minimum Gasteiger partial charge on any atom is -0.392 e. The van der Waals surface area contributed by atoms with Gasteiger partial charge in [0, 0.05) is 29.6 Å². The lowest BCUT2D eigenvalue weighted by atomic mass is 10.1. The molecule has 3 aromatic heterocycles. The van der Waals surface area contributed by atoms with Crippen LogP contribution in [0.25, 0.3) is 22.0 Å². The van der Waals surface area contributed by atoms with Crippen LogP contribution in [0.2, 0.25) is 0 Å². The zero-order valence-corrected chi connectivity index (χ0v) is 13.0. The second kappa shape index (κ2) is 5.41. The average molecular weight is 314 g/mol. The fraction of sp³-hybridized carbons (Fsp3) is 0.353. The van der Waals surface area contributed by atoms with Gasteiger partial charge in [-0.25, -0.2) is 0 Å². The van der Waals surface area contributed by atoms with Gasteiger partial charge >= 0.3 is 0 Å². The molecule has 1 aliphatic rings. The lowest BCUT2D eigenvalue weighted by Gasteiger charge is -2.14. The number of hydrogen-bond acceptors (Lipinski definition) is 3. The highest BCUT2D eigenvalue weighted by molar-refractivity contribution is 7.08. The van der Waals surface area contributed by atoms with Crippen LogP contribution in [0.4, 0.5) is 0 Å². The third kappa shape index (κ3) is 2.04. The number of aromatic amines is 1. The first-order valence-electron chi connectivity index (χ1n) is 7.68. The maximum absolute atomic E-state index is 12.4. The highest BCUT2D eigenvalue weighted by Crippen LogP contribution is 2.38. The van der Waals surface area contributed by atoms with Crippen LogP contribution in [0.15, 0.2) is 34.0 Å². The first-order valence-corrected chi connectivity index (χ1v) is 8.62. The molecule has 0 saturated heterocycles. The summed E-state index contributed by atoms with van der Waals surface area (Å²) in [5, 5.41) is 14.5. The minimum absolute atomic E-state index is 0.0624. The number of H-pyrrole nitrogens is 1. The molecule has 0 radical (unpaired) electrons. The van der Waals surface area contributed by atoms with Gasteiger partial charge in [0.05, 0.1) is 17.5 Å². The number of aliphatic hydroxyl groups is 1. The number of thiophene rings is 1. The number of nitrogens with one attached hydrogen (secondary N) is 1. The molecule has 0 spiro atoms. The Labute approximate surface area is 132 Å². The maximum Gasteiger partial charge on any atom is 0.258 e. The van der Waals surface area contributed by atoms with Gasteiger partial charge in [0.25, 0.3) is 5.56 Å². The lowest BCUT2D eigenvalue weighted by molar-refractivity contribution is 0.282. The number of aliphatic hydroxyl groups excluding tert-OH is 1. The van der Waals surface area contributed by atoms with Crippen LogP contribution in [-0.4, -0.2) is 14.7 Å². The smallest absolute Gasteiger partial charge is 0.258 e. The lowest BCUT2D eigenvalue weighted by Crippen LogP contribution is -2.10. The number of aromatic nitrogens is 2. The zero-order valence-electron chi connectivity index (χ0n) is 12.2. The minimum atomic E-state index is -0.0786. The van der Waals surface area contributed by atoms with Crippen molar-refractivity contribution in [3.8, 4) is 11.1 Å². The van der Waals surface area contributed by atoms with Crippen molar-refractivity contribution in [1.82, 2.24) is 9.55 Å². The van der Waals surface area contributed by atoms with E-state index in [0.717, 1.165) is 35.0 Å². The number of rotatable bonds is 3. The average Bonchev–Trinajstić information content (AvgIpc) is 3.27. The van der Waals surface area contributed by atoms with Crippen molar-refractivity contribution in [2.24, 2.45) is 0 Å². The molecule has 1 aliphatic carbocycles. The summed E-state index contributed by atoms with van der Waals surface area (Å²) in [5.74, 6) is 0. The Kier molecular flexibility index (Phi) is 3.39. The molecular formula is C17H18N2O2S. The van der Waals surface area contributed by atoms with Gasteiger partial charge in [-0.2, -0.15) is 11.3 Å². The van der Waals surface area contributed by atoms with Gasteiger partial charge in [0.1, 0.15) is 0 Å². The van der Waals surface area contributed by atoms with Crippen LogP contribution in [0.1, 0.15) is 37.3 Å². The summed E-state index contributed by atoms with van der Waals surface area (Å²) >= 11 is 1.63. The first-order chi connectivity index (χ1) is 10.8. The molecule has 0 amide bonds. The van der Waals surface area contributed by atoms with Crippen LogP contribution in [0.5, 0.6) is 0 Å².